The SMILES string of the molecule is O=C(NC1=CC=CC=CC=C1)c1csc2cnc(Cl)nc12. The molecule has 0 unspecified atom stereocenters. The van der Waals surface area contributed by atoms with Crippen molar-refractivity contribution in [2.45, 2.75) is 0 Å². The summed E-state index contributed by atoms with van der Waals surface area (Å²) in [4.78, 5) is 20.4. The lowest BCUT2D eigenvalue weighted by molar-refractivity contribution is 0.0969. The van der Waals surface area contributed by atoms with Gasteiger partial charge in [-0.1, -0.05) is 30.4 Å². The minimum absolute atomic E-state index is 0.132. The van der Waals surface area contributed by atoms with Crippen LogP contribution >= 0.6 is 22.9 Å². The zero-order valence-electron chi connectivity index (χ0n) is 10.8. The zero-order chi connectivity index (χ0) is 14.7. The predicted octanol–water partition coefficient (Wildman–Crippen LogP) is 3.64. The Kier molecular flexibility index (Phi) is 3.94. The lowest BCUT2D eigenvalue weighted by Gasteiger charge is -2.05. The van der Waals surface area contributed by atoms with Gasteiger partial charge in [0.1, 0.15) is 0 Å². The molecule has 0 aliphatic heterocycles. The molecule has 1 aliphatic carbocycles. The summed E-state index contributed by atoms with van der Waals surface area (Å²) >= 11 is 7.21. The summed E-state index contributed by atoms with van der Waals surface area (Å²) in [5, 5.41) is 4.74. The molecule has 1 aliphatic rings. The van der Waals surface area contributed by atoms with Crippen molar-refractivity contribution in [3.63, 3.8) is 0 Å². The summed E-state index contributed by atoms with van der Waals surface area (Å²) in [6, 6.07) is 0. The first-order valence-electron chi connectivity index (χ1n) is 6.17. The molecular formula is C15H10ClN3OS. The van der Waals surface area contributed by atoms with E-state index in [1.807, 2.05) is 42.5 Å². The van der Waals surface area contributed by atoms with Crippen LogP contribution in [0.3, 0.4) is 0 Å². The van der Waals surface area contributed by atoms with Gasteiger partial charge in [0.15, 0.2) is 0 Å². The summed E-state index contributed by atoms with van der Waals surface area (Å²) in [5.74, 6) is -0.218. The third-order valence-corrected chi connectivity index (χ3v) is 3.87. The van der Waals surface area contributed by atoms with Crippen molar-refractivity contribution in [3.8, 4) is 0 Å². The number of carbonyl (C=O) groups is 1. The summed E-state index contributed by atoms with van der Waals surface area (Å²) in [6.07, 6.45) is 14.7. The number of allylic oxidation sites excluding steroid dienone is 7. The van der Waals surface area contributed by atoms with E-state index in [-0.39, 0.29) is 11.2 Å². The molecule has 6 heteroatoms. The van der Waals surface area contributed by atoms with Crippen molar-refractivity contribution in [1.29, 1.82) is 0 Å². The van der Waals surface area contributed by atoms with Crippen molar-refractivity contribution in [2.24, 2.45) is 0 Å². The summed E-state index contributed by atoms with van der Waals surface area (Å²) in [6.45, 7) is 0. The Morgan fingerprint density at radius 3 is 2.90 bits per heavy atom. The lowest BCUT2D eigenvalue weighted by Crippen LogP contribution is -2.21. The van der Waals surface area contributed by atoms with Gasteiger partial charge in [-0.05, 0) is 23.8 Å². The molecule has 0 spiro atoms. The fraction of sp³-hybridized carbons (Fsp3) is 0. The second-order valence-electron chi connectivity index (χ2n) is 4.21. The first kappa shape index (κ1) is 13.7. The normalized spacial score (nSPS) is 13.9. The second-order valence-corrected chi connectivity index (χ2v) is 5.46. The summed E-state index contributed by atoms with van der Waals surface area (Å²) in [7, 11) is 0. The number of hydrogen-bond donors (Lipinski definition) is 1. The van der Waals surface area contributed by atoms with Crippen LogP contribution in [-0.2, 0) is 0 Å². The van der Waals surface area contributed by atoms with Gasteiger partial charge in [0, 0.05) is 17.3 Å². The molecule has 0 radical (unpaired) electrons. The van der Waals surface area contributed by atoms with E-state index in [0.717, 1.165) is 4.70 Å². The maximum atomic E-state index is 12.4. The lowest BCUT2D eigenvalue weighted by atomic mass is 10.2. The Labute approximate surface area is 130 Å². The second kappa shape index (κ2) is 6.03. The van der Waals surface area contributed by atoms with Crippen molar-refractivity contribution in [1.82, 2.24) is 15.3 Å². The van der Waals surface area contributed by atoms with Gasteiger partial charge in [-0.15, -0.1) is 11.3 Å². The van der Waals surface area contributed by atoms with E-state index in [4.69, 9.17) is 11.6 Å². The number of aromatic nitrogens is 2. The Hall–Kier alpha value is -2.24. The molecule has 0 atom stereocenters. The Morgan fingerprint density at radius 2 is 2.00 bits per heavy atom. The molecule has 21 heavy (non-hydrogen) atoms. The number of carbonyl (C=O) groups excluding carboxylic acids is 1. The highest BCUT2D eigenvalue weighted by Gasteiger charge is 2.14. The monoisotopic (exact) mass is 315 g/mol. The van der Waals surface area contributed by atoms with Crippen LogP contribution in [0, 0.1) is 0 Å². The van der Waals surface area contributed by atoms with Crippen LogP contribution in [0.15, 0.2) is 59.8 Å². The van der Waals surface area contributed by atoms with Crippen LogP contribution < -0.4 is 5.32 Å². The van der Waals surface area contributed by atoms with E-state index in [1.54, 1.807) is 11.6 Å². The molecule has 1 N–H and O–H groups in total. The van der Waals surface area contributed by atoms with Crippen LogP contribution in [0.25, 0.3) is 10.2 Å². The van der Waals surface area contributed by atoms with E-state index in [1.165, 1.54) is 11.3 Å². The first-order valence-corrected chi connectivity index (χ1v) is 7.42. The van der Waals surface area contributed by atoms with Crippen LogP contribution in [0.2, 0.25) is 5.28 Å². The van der Waals surface area contributed by atoms with E-state index >= 15 is 0 Å². The van der Waals surface area contributed by atoms with Crippen LogP contribution in [0.1, 0.15) is 10.4 Å². The Bertz CT molecular complexity index is 817. The summed E-state index contributed by atoms with van der Waals surface area (Å²) < 4.78 is 0.828. The van der Waals surface area contributed by atoms with Gasteiger partial charge in [0.2, 0.25) is 5.28 Å². The van der Waals surface area contributed by atoms with Gasteiger partial charge in [-0.25, -0.2) is 9.97 Å². The van der Waals surface area contributed by atoms with E-state index in [2.05, 4.69) is 15.3 Å². The Balaban J connectivity index is 1.89. The topological polar surface area (TPSA) is 54.9 Å². The molecule has 0 fully saturated rings. The molecule has 4 nitrogen and oxygen atoms in total. The molecule has 0 saturated heterocycles. The molecule has 2 aromatic rings. The fourth-order valence-corrected chi connectivity index (χ4v) is 2.79. The zero-order valence-corrected chi connectivity index (χ0v) is 12.4. The minimum atomic E-state index is -0.218. The third-order valence-electron chi connectivity index (χ3n) is 2.78. The van der Waals surface area contributed by atoms with Crippen LogP contribution in [0.5, 0.6) is 0 Å². The number of nitrogens with zero attached hydrogens (tertiary/aromatic N) is 2. The van der Waals surface area contributed by atoms with Gasteiger partial charge >= 0.3 is 0 Å². The number of amides is 1. The maximum Gasteiger partial charge on any atom is 0.258 e. The molecule has 0 saturated carbocycles. The molecule has 1 amide bonds. The molecule has 0 aromatic carbocycles. The number of halogens is 1. The van der Waals surface area contributed by atoms with Crippen molar-refractivity contribution >= 4 is 39.1 Å². The molecule has 2 heterocycles. The molecule has 2 aromatic heterocycles. The third kappa shape index (κ3) is 3.09. The van der Waals surface area contributed by atoms with Gasteiger partial charge in [0.25, 0.3) is 5.91 Å². The highest BCUT2D eigenvalue weighted by molar-refractivity contribution is 7.17. The standard InChI is InChI=1S/C15H10ClN3OS/c16-15-17-8-12-13(19-15)11(9-21-12)14(20)18-10-6-4-2-1-3-5-7-10/h1-9H,(H,18,20). The number of nitrogens with one attached hydrogen (secondary N) is 1. The van der Waals surface area contributed by atoms with E-state index in [9.17, 15) is 4.79 Å². The van der Waals surface area contributed by atoms with Gasteiger partial charge in [0.05, 0.1) is 15.8 Å². The first-order chi connectivity index (χ1) is 10.2. The molecule has 104 valence electrons. The van der Waals surface area contributed by atoms with Crippen LogP contribution in [-0.4, -0.2) is 15.9 Å². The molecule has 0 bridgehead atoms. The summed E-state index contributed by atoms with van der Waals surface area (Å²) in [5.41, 5.74) is 1.78. The minimum Gasteiger partial charge on any atom is -0.322 e. The highest BCUT2D eigenvalue weighted by Crippen LogP contribution is 2.24. The fourth-order valence-electron chi connectivity index (χ4n) is 1.82. The average molecular weight is 316 g/mol. The maximum absolute atomic E-state index is 12.4. The number of rotatable bonds is 2. The van der Waals surface area contributed by atoms with Crippen molar-refractivity contribution in [3.05, 3.63) is 70.7 Å². The van der Waals surface area contributed by atoms with Gasteiger partial charge < -0.3 is 5.32 Å². The number of thiophene rings is 1. The van der Waals surface area contributed by atoms with Gasteiger partial charge in [-0.2, -0.15) is 0 Å². The smallest absolute Gasteiger partial charge is 0.258 e. The Morgan fingerprint density at radius 1 is 1.19 bits per heavy atom. The van der Waals surface area contributed by atoms with E-state index in [0.29, 0.717) is 16.8 Å². The highest BCUT2D eigenvalue weighted by atomic mass is 35.5. The van der Waals surface area contributed by atoms with E-state index < -0.39 is 0 Å². The predicted molar refractivity (Wildman–Crippen MR) is 85.4 cm³/mol. The molecule has 3 rings (SSSR count). The van der Waals surface area contributed by atoms with Crippen LogP contribution in [0.4, 0.5) is 0 Å². The number of hydrogen-bond acceptors (Lipinski definition) is 4. The molecular weight excluding hydrogens is 306 g/mol. The largest absolute Gasteiger partial charge is 0.322 e. The van der Waals surface area contributed by atoms with Crippen molar-refractivity contribution in [2.75, 3.05) is 0 Å². The number of fused-ring (bicyclic) bond motifs is 1. The van der Waals surface area contributed by atoms with Gasteiger partial charge in [-0.3, -0.25) is 4.79 Å². The average Bonchev–Trinajstić information content (AvgIpc) is 2.84. The van der Waals surface area contributed by atoms with Crippen molar-refractivity contribution < 1.29 is 4.79 Å². The quantitative estimate of drug-likeness (QED) is 0.861.